The molecule has 2 fully saturated rings. The summed E-state index contributed by atoms with van der Waals surface area (Å²) in [7, 11) is 3.48. The third kappa shape index (κ3) is 3.89. The number of halogens is 1. The maximum Gasteiger partial charge on any atom is 0.317 e. The summed E-state index contributed by atoms with van der Waals surface area (Å²) >= 11 is 0. The second-order valence-corrected chi connectivity index (χ2v) is 9.09. The summed E-state index contributed by atoms with van der Waals surface area (Å²) in [6.07, 6.45) is 0.309. The van der Waals surface area contributed by atoms with Crippen molar-refractivity contribution in [3.63, 3.8) is 0 Å². The highest BCUT2D eigenvalue weighted by Gasteiger charge is 2.58. The Labute approximate surface area is 166 Å². The van der Waals surface area contributed by atoms with E-state index < -0.39 is 6.17 Å². The molecule has 2 heterocycles. The van der Waals surface area contributed by atoms with Crippen molar-refractivity contribution in [2.75, 3.05) is 27.2 Å². The summed E-state index contributed by atoms with van der Waals surface area (Å²) in [6.45, 7) is 9.47. The van der Waals surface area contributed by atoms with Gasteiger partial charge in [0.05, 0.1) is 17.8 Å². The van der Waals surface area contributed by atoms with Crippen molar-refractivity contribution in [3.05, 3.63) is 17.5 Å². The van der Waals surface area contributed by atoms with Crippen LogP contribution in [-0.4, -0.2) is 72.1 Å². The molecule has 0 bridgehead atoms. The van der Waals surface area contributed by atoms with Gasteiger partial charge in [0.2, 0.25) is 0 Å². The molecule has 1 N–H and O–H groups in total. The van der Waals surface area contributed by atoms with Crippen molar-refractivity contribution < 1.29 is 18.4 Å². The Hall–Kier alpha value is -1.67. The number of rotatable bonds is 6. The van der Waals surface area contributed by atoms with Gasteiger partial charge in [0.1, 0.15) is 6.17 Å². The molecule has 1 saturated heterocycles. The molecule has 1 aromatic rings. The smallest absolute Gasteiger partial charge is 0.317 e. The third-order valence-electron chi connectivity index (χ3n) is 6.92. The Bertz CT molecular complexity index is 709. The minimum atomic E-state index is -0.890. The molecule has 0 spiro atoms. The Kier molecular flexibility index (Phi) is 5.74. The molecule has 2 aliphatic rings. The van der Waals surface area contributed by atoms with E-state index in [0.29, 0.717) is 26.1 Å². The molecule has 8 heteroatoms. The van der Waals surface area contributed by atoms with E-state index in [1.165, 1.54) is 0 Å². The molecule has 0 radical (unpaired) electrons. The first kappa shape index (κ1) is 21.0. The summed E-state index contributed by atoms with van der Waals surface area (Å²) in [6, 6.07) is 1.74. The van der Waals surface area contributed by atoms with Crippen molar-refractivity contribution in [2.45, 2.75) is 70.9 Å². The number of urea groups is 1. The Morgan fingerprint density at radius 3 is 2.79 bits per heavy atom. The molecule has 7 nitrogen and oxygen atoms in total. The number of likely N-dealkylation sites (N-methyl/N-ethyl adjacent to an activating group) is 1. The zero-order valence-electron chi connectivity index (χ0n) is 17.8. The highest BCUT2D eigenvalue weighted by molar-refractivity contribution is 5.74. The molecular formula is C20H33FN4O3. The van der Waals surface area contributed by atoms with Gasteiger partial charge >= 0.3 is 6.03 Å². The van der Waals surface area contributed by atoms with Crippen molar-refractivity contribution in [1.29, 1.82) is 0 Å². The molecule has 158 valence electrons. The first-order valence-corrected chi connectivity index (χ1v) is 9.93. The minimum absolute atomic E-state index is 0.0465. The van der Waals surface area contributed by atoms with Gasteiger partial charge in [0, 0.05) is 50.8 Å². The number of likely N-dealkylation sites (tertiary alicyclic amines) is 1. The molecule has 0 aromatic carbocycles. The fourth-order valence-electron chi connectivity index (χ4n) is 4.38. The maximum absolute atomic E-state index is 14.1. The van der Waals surface area contributed by atoms with E-state index in [1.54, 1.807) is 19.1 Å². The number of alkyl halides is 1. The van der Waals surface area contributed by atoms with Crippen molar-refractivity contribution >= 4 is 6.03 Å². The number of hydrogen-bond acceptors (Lipinski definition) is 5. The average molecular weight is 397 g/mol. The second-order valence-electron chi connectivity index (χ2n) is 9.09. The molecular weight excluding hydrogens is 363 g/mol. The molecule has 2 unspecified atom stereocenters. The van der Waals surface area contributed by atoms with Gasteiger partial charge in [-0.2, -0.15) is 0 Å². The predicted molar refractivity (Wildman–Crippen MR) is 104 cm³/mol. The van der Waals surface area contributed by atoms with Crippen molar-refractivity contribution in [2.24, 2.45) is 5.41 Å². The van der Waals surface area contributed by atoms with Crippen LogP contribution in [0, 0.1) is 12.3 Å². The molecule has 1 saturated carbocycles. The number of carbonyl (C=O) groups is 1. The SMILES string of the molecule is COC1(C)CC(NC(=O)N(C)C[C@@H]2C[C@H](F)CN2Cc2cc(C)no2)C1(C)C. The van der Waals surface area contributed by atoms with Gasteiger partial charge in [0.15, 0.2) is 5.76 Å². The molecule has 1 aliphatic heterocycles. The highest BCUT2D eigenvalue weighted by Crippen LogP contribution is 2.51. The molecule has 3 rings (SSSR count). The van der Waals surface area contributed by atoms with E-state index in [4.69, 9.17) is 9.26 Å². The predicted octanol–water partition coefficient (Wildman–Crippen LogP) is 2.74. The fraction of sp³-hybridized carbons (Fsp3) is 0.800. The van der Waals surface area contributed by atoms with Crippen molar-refractivity contribution in [3.8, 4) is 0 Å². The summed E-state index contributed by atoms with van der Waals surface area (Å²) in [4.78, 5) is 16.4. The maximum atomic E-state index is 14.1. The lowest BCUT2D eigenvalue weighted by atomic mass is 9.56. The number of nitrogens with one attached hydrogen (secondary N) is 1. The van der Waals surface area contributed by atoms with Crippen LogP contribution in [0.1, 0.15) is 45.1 Å². The van der Waals surface area contributed by atoms with Crippen LogP contribution in [-0.2, 0) is 11.3 Å². The van der Waals surface area contributed by atoms with Gasteiger partial charge in [-0.1, -0.05) is 19.0 Å². The number of hydrogen-bond donors (Lipinski definition) is 1. The molecule has 28 heavy (non-hydrogen) atoms. The largest absolute Gasteiger partial charge is 0.378 e. The molecule has 1 aromatic heterocycles. The van der Waals surface area contributed by atoms with Crippen LogP contribution in [0.5, 0.6) is 0 Å². The summed E-state index contributed by atoms with van der Waals surface area (Å²) in [5.41, 5.74) is 0.430. The number of carbonyl (C=O) groups excluding carboxylic acids is 1. The fourth-order valence-corrected chi connectivity index (χ4v) is 4.38. The Balaban J connectivity index is 1.55. The first-order valence-electron chi connectivity index (χ1n) is 9.93. The topological polar surface area (TPSA) is 70.8 Å². The summed E-state index contributed by atoms with van der Waals surface area (Å²) in [5, 5.41) is 7.01. The number of nitrogens with zero attached hydrogens (tertiary/aromatic N) is 3. The zero-order valence-corrected chi connectivity index (χ0v) is 17.8. The van der Waals surface area contributed by atoms with Crippen LogP contribution in [0.15, 0.2) is 10.6 Å². The lowest BCUT2D eigenvalue weighted by molar-refractivity contribution is -0.177. The van der Waals surface area contributed by atoms with Crippen LogP contribution >= 0.6 is 0 Å². The second kappa shape index (κ2) is 7.63. The van der Waals surface area contributed by atoms with Crippen LogP contribution < -0.4 is 5.32 Å². The van der Waals surface area contributed by atoms with Crippen LogP contribution in [0.4, 0.5) is 9.18 Å². The van der Waals surface area contributed by atoms with E-state index in [2.05, 4.69) is 31.2 Å². The van der Waals surface area contributed by atoms with E-state index in [0.717, 1.165) is 17.9 Å². The van der Waals surface area contributed by atoms with Gasteiger partial charge in [-0.25, -0.2) is 9.18 Å². The molecule has 2 amide bonds. The summed E-state index contributed by atoms with van der Waals surface area (Å²) < 4.78 is 25.0. The minimum Gasteiger partial charge on any atom is -0.378 e. The van der Waals surface area contributed by atoms with Gasteiger partial charge < -0.3 is 19.5 Å². The van der Waals surface area contributed by atoms with Crippen LogP contribution in [0.2, 0.25) is 0 Å². The number of aromatic nitrogens is 1. The lowest BCUT2D eigenvalue weighted by Gasteiger charge is -2.59. The number of amides is 2. The molecule has 1 aliphatic carbocycles. The third-order valence-corrected chi connectivity index (χ3v) is 6.92. The van der Waals surface area contributed by atoms with Gasteiger partial charge in [-0.05, 0) is 26.7 Å². The van der Waals surface area contributed by atoms with E-state index in [-0.39, 0.29) is 29.1 Å². The van der Waals surface area contributed by atoms with E-state index in [9.17, 15) is 9.18 Å². The number of methoxy groups -OCH3 is 1. The summed E-state index contributed by atoms with van der Waals surface area (Å²) in [5.74, 6) is 0.721. The van der Waals surface area contributed by atoms with E-state index in [1.807, 2.05) is 17.9 Å². The molecule has 4 atom stereocenters. The van der Waals surface area contributed by atoms with Gasteiger partial charge in [-0.3, -0.25) is 4.90 Å². The zero-order chi connectivity index (χ0) is 20.7. The van der Waals surface area contributed by atoms with E-state index >= 15 is 0 Å². The van der Waals surface area contributed by atoms with Gasteiger partial charge in [0.25, 0.3) is 0 Å². The van der Waals surface area contributed by atoms with Gasteiger partial charge in [-0.15, -0.1) is 0 Å². The lowest BCUT2D eigenvalue weighted by Crippen LogP contribution is -2.69. The Morgan fingerprint density at radius 1 is 1.50 bits per heavy atom. The quantitative estimate of drug-likeness (QED) is 0.801. The van der Waals surface area contributed by atoms with Crippen LogP contribution in [0.25, 0.3) is 0 Å². The number of ether oxygens (including phenoxy) is 1. The number of aryl methyl sites for hydroxylation is 1. The highest BCUT2D eigenvalue weighted by atomic mass is 19.1. The normalized spacial score (nSPS) is 32.2. The standard InChI is InChI=1S/C20H33FN4O3/c1-13-7-16(28-23-13)12-25-10-14(21)8-15(25)11-24(5)18(26)22-17-9-20(4,27-6)19(17,2)3/h7,14-15,17H,8-12H2,1-6H3,(H,22,26)/t14-,15-,17?,20?/m0/s1. The first-order chi connectivity index (χ1) is 13.1. The Morgan fingerprint density at radius 2 is 2.21 bits per heavy atom. The average Bonchev–Trinajstić information content (AvgIpc) is 3.19. The van der Waals surface area contributed by atoms with Crippen LogP contribution in [0.3, 0.4) is 0 Å². The monoisotopic (exact) mass is 396 g/mol. The van der Waals surface area contributed by atoms with Crippen molar-refractivity contribution in [1.82, 2.24) is 20.3 Å².